The fraction of sp³-hybridized carbons (Fsp3) is 0.615. The van der Waals surface area contributed by atoms with E-state index in [2.05, 4.69) is 18.8 Å². The predicted octanol–water partition coefficient (Wildman–Crippen LogP) is 3.90. The quantitative estimate of drug-likeness (QED) is 0.547. The Morgan fingerprint density at radius 2 is 2.35 bits per heavy atom. The lowest BCUT2D eigenvalue weighted by atomic mass is 10.0. The van der Waals surface area contributed by atoms with Crippen molar-refractivity contribution in [3.8, 4) is 5.88 Å². The first kappa shape index (κ1) is 14.8. The summed E-state index contributed by atoms with van der Waals surface area (Å²) in [7, 11) is 0. The zero-order valence-corrected chi connectivity index (χ0v) is 12.6. The summed E-state index contributed by atoms with van der Waals surface area (Å²) in [6.07, 6.45) is 6.05. The van der Waals surface area contributed by atoms with Gasteiger partial charge in [0, 0.05) is 5.38 Å². The molecule has 0 aliphatic carbocycles. The molecule has 2 heterocycles. The number of fused-ring (bicyclic) bond motifs is 1. The van der Waals surface area contributed by atoms with Crippen molar-refractivity contribution in [1.82, 2.24) is 9.38 Å². The molecule has 1 atom stereocenters. The number of aromatic nitrogens is 2. The van der Waals surface area contributed by atoms with Crippen LogP contribution in [0.15, 0.2) is 11.6 Å². The highest BCUT2D eigenvalue weighted by Crippen LogP contribution is 2.30. The van der Waals surface area contributed by atoms with Gasteiger partial charge in [0.25, 0.3) is 4.96 Å². The van der Waals surface area contributed by atoms with E-state index >= 15 is 0 Å². The van der Waals surface area contributed by atoms with Crippen LogP contribution >= 0.6 is 11.3 Å². The molecule has 0 bridgehead atoms. The highest BCUT2D eigenvalue weighted by molar-refractivity contribution is 7.15. The molecule has 0 amide bonds. The Labute approximate surface area is 121 Å². The Bertz CT molecular complexity index is 578. The van der Waals surface area contributed by atoms with Gasteiger partial charge >= 0.3 is 11.7 Å². The summed E-state index contributed by atoms with van der Waals surface area (Å²) in [5, 5.41) is 12.9. The van der Waals surface area contributed by atoms with Crippen molar-refractivity contribution in [2.75, 3.05) is 6.61 Å². The highest BCUT2D eigenvalue weighted by atomic mass is 32.1. The number of rotatable bonds is 8. The molecule has 1 unspecified atom stereocenters. The third-order valence-electron chi connectivity index (χ3n) is 3.38. The van der Waals surface area contributed by atoms with Crippen LogP contribution in [0.5, 0.6) is 5.88 Å². The fourth-order valence-corrected chi connectivity index (χ4v) is 2.81. The van der Waals surface area contributed by atoms with E-state index in [0.29, 0.717) is 17.5 Å². The van der Waals surface area contributed by atoms with Crippen LogP contribution in [0.3, 0.4) is 0 Å². The molecular weight excluding hydrogens is 278 g/mol. The van der Waals surface area contributed by atoms with Gasteiger partial charge in [-0.3, -0.25) is 0 Å². The lowest BCUT2D eigenvalue weighted by molar-refractivity contribution is -0.391. The molecule has 0 radical (unpaired) electrons. The molecule has 0 aliphatic heterocycles. The van der Waals surface area contributed by atoms with Crippen molar-refractivity contribution in [2.45, 2.75) is 39.5 Å². The molecule has 0 N–H and O–H groups in total. The maximum absolute atomic E-state index is 11.2. The second kappa shape index (κ2) is 6.69. The number of imidazole rings is 1. The van der Waals surface area contributed by atoms with Gasteiger partial charge in [-0.05, 0) is 17.3 Å². The Hall–Kier alpha value is -1.63. The van der Waals surface area contributed by atoms with Gasteiger partial charge in [-0.25, -0.2) is 0 Å². The maximum Gasteiger partial charge on any atom is 0.393 e. The predicted molar refractivity (Wildman–Crippen MR) is 78.5 cm³/mol. The van der Waals surface area contributed by atoms with E-state index in [1.807, 2.05) is 0 Å². The summed E-state index contributed by atoms with van der Waals surface area (Å²) >= 11 is 1.36. The van der Waals surface area contributed by atoms with Crippen molar-refractivity contribution < 1.29 is 9.66 Å². The van der Waals surface area contributed by atoms with Crippen LogP contribution in [-0.4, -0.2) is 20.9 Å². The summed E-state index contributed by atoms with van der Waals surface area (Å²) < 4.78 is 7.09. The molecule has 2 aromatic rings. The topological polar surface area (TPSA) is 69.7 Å². The smallest absolute Gasteiger partial charge is 0.393 e. The Balaban J connectivity index is 2.10. The SMILES string of the molecule is CCCCC(CC)COc1nc2sccn2c1[N+](=O)[O-]. The van der Waals surface area contributed by atoms with Crippen molar-refractivity contribution in [3.63, 3.8) is 0 Å². The number of hydrogen-bond acceptors (Lipinski definition) is 5. The second-order valence-electron chi connectivity index (χ2n) is 4.78. The third kappa shape index (κ3) is 3.09. The van der Waals surface area contributed by atoms with Crippen LogP contribution < -0.4 is 4.74 Å². The number of hydrogen-bond donors (Lipinski definition) is 0. The molecule has 6 nitrogen and oxygen atoms in total. The van der Waals surface area contributed by atoms with E-state index in [0.717, 1.165) is 25.7 Å². The molecule has 0 aliphatic rings. The molecule has 2 aromatic heterocycles. The molecular formula is C13H19N3O3S. The monoisotopic (exact) mass is 297 g/mol. The van der Waals surface area contributed by atoms with Crippen LogP contribution in [0, 0.1) is 16.0 Å². The van der Waals surface area contributed by atoms with Crippen molar-refractivity contribution in [3.05, 3.63) is 21.7 Å². The first-order valence-electron chi connectivity index (χ1n) is 6.90. The lowest BCUT2D eigenvalue weighted by Crippen LogP contribution is -2.12. The van der Waals surface area contributed by atoms with Crippen molar-refractivity contribution >= 4 is 22.1 Å². The third-order valence-corrected chi connectivity index (χ3v) is 4.13. The molecule has 0 aromatic carbocycles. The lowest BCUT2D eigenvalue weighted by Gasteiger charge is -2.13. The van der Waals surface area contributed by atoms with Crippen molar-refractivity contribution in [2.24, 2.45) is 5.92 Å². The largest absolute Gasteiger partial charge is 0.471 e. The van der Waals surface area contributed by atoms with Gasteiger partial charge in [0.05, 0.1) is 6.61 Å². The van der Waals surface area contributed by atoms with Gasteiger partial charge in [0.2, 0.25) is 0 Å². The van der Waals surface area contributed by atoms with Crippen LogP contribution in [-0.2, 0) is 0 Å². The minimum Gasteiger partial charge on any atom is -0.471 e. The molecule has 0 saturated heterocycles. The molecule has 20 heavy (non-hydrogen) atoms. The minimum absolute atomic E-state index is 0.0772. The number of thiazole rings is 1. The summed E-state index contributed by atoms with van der Waals surface area (Å²) in [5.41, 5.74) is 0. The minimum atomic E-state index is -0.435. The Kier molecular flexibility index (Phi) is 4.94. The van der Waals surface area contributed by atoms with Crippen LogP contribution in [0.1, 0.15) is 39.5 Å². The van der Waals surface area contributed by atoms with Gasteiger partial charge < -0.3 is 14.9 Å². The molecule has 7 heteroatoms. The van der Waals surface area contributed by atoms with Crippen molar-refractivity contribution in [1.29, 1.82) is 0 Å². The van der Waals surface area contributed by atoms with Crippen LogP contribution in [0.2, 0.25) is 0 Å². The van der Waals surface area contributed by atoms with E-state index in [4.69, 9.17) is 4.74 Å². The van der Waals surface area contributed by atoms with E-state index in [9.17, 15) is 10.1 Å². The van der Waals surface area contributed by atoms with Crippen LogP contribution in [0.4, 0.5) is 5.82 Å². The van der Waals surface area contributed by atoms with E-state index in [1.165, 1.54) is 15.7 Å². The number of ether oxygens (including phenoxy) is 1. The van der Waals surface area contributed by atoms with Gasteiger partial charge in [-0.15, -0.1) is 0 Å². The second-order valence-corrected chi connectivity index (χ2v) is 5.65. The standard InChI is InChI=1S/C13H19N3O3S/c1-3-5-6-10(4-2)9-19-11-12(16(17)18)15-7-8-20-13(15)14-11/h7-8,10H,3-6,9H2,1-2H3. The average molecular weight is 297 g/mol. The average Bonchev–Trinajstić information content (AvgIpc) is 2.98. The van der Waals surface area contributed by atoms with Gasteiger partial charge in [0.15, 0.2) is 0 Å². The van der Waals surface area contributed by atoms with Crippen LogP contribution in [0.25, 0.3) is 4.96 Å². The van der Waals surface area contributed by atoms with Gasteiger partial charge in [-0.1, -0.05) is 44.4 Å². The number of unbranched alkanes of at least 4 members (excludes halogenated alkanes) is 1. The molecule has 0 saturated carbocycles. The summed E-state index contributed by atoms with van der Waals surface area (Å²) in [6, 6.07) is 0. The Morgan fingerprint density at radius 3 is 3.00 bits per heavy atom. The first-order valence-corrected chi connectivity index (χ1v) is 7.78. The summed E-state index contributed by atoms with van der Waals surface area (Å²) in [4.78, 5) is 15.5. The van der Waals surface area contributed by atoms with E-state index in [1.54, 1.807) is 11.6 Å². The zero-order valence-electron chi connectivity index (χ0n) is 11.7. The normalized spacial score (nSPS) is 12.7. The Morgan fingerprint density at radius 1 is 1.55 bits per heavy atom. The van der Waals surface area contributed by atoms with Gasteiger partial charge in [-0.2, -0.15) is 9.38 Å². The van der Waals surface area contributed by atoms with Gasteiger partial charge in [0.1, 0.15) is 6.20 Å². The number of nitrogens with zero attached hydrogens (tertiary/aromatic N) is 3. The number of nitro groups is 1. The zero-order chi connectivity index (χ0) is 14.5. The summed E-state index contributed by atoms with van der Waals surface area (Å²) in [6.45, 7) is 4.76. The highest BCUT2D eigenvalue weighted by Gasteiger charge is 2.25. The summed E-state index contributed by atoms with van der Waals surface area (Å²) in [5.74, 6) is 0.484. The molecule has 110 valence electrons. The first-order chi connectivity index (χ1) is 9.67. The maximum atomic E-state index is 11.2. The fourth-order valence-electron chi connectivity index (χ4n) is 2.11. The molecule has 0 fully saturated rings. The van der Waals surface area contributed by atoms with E-state index in [-0.39, 0.29) is 11.7 Å². The molecule has 0 spiro atoms. The molecule has 2 rings (SSSR count). The van der Waals surface area contributed by atoms with E-state index < -0.39 is 4.92 Å².